The van der Waals surface area contributed by atoms with Crippen LogP contribution in [0.5, 0.6) is 0 Å². The molecule has 0 bridgehead atoms. The number of esters is 4. The van der Waals surface area contributed by atoms with Crippen LogP contribution in [0.2, 0.25) is 0 Å². The molecule has 4 heterocycles. The van der Waals surface area contributed by atoms with Crippen LogP contribution in [0.25, 0.3) is 40.1 Å². The van der Waals surface area contributed by atoms with Gasteiger partial charge in [0.2, 0.25) is 22.4 Å². The van der Waals surface area contributed by atoms with E-state index in [1.165, 1.54) is 12.1 Å². The second-order valence-corrected chi connectivity index (χ2v) is 25.4. The van der Waals surface area contributed by atoms with Crippen molar-refractivity contribution in [2.45, 2.75) is 37.3 Å². The van der Waals surface area contributed by atoms with Gasteiger partial charge in [0.25, 0.3) is 0 Å². The van der Waals surface area contributed by atoms with E-state index in [-0.39, 0.29) is 113 Å². The van der Waals surface area contributed by atoms with Crippen molar-refractivity contribution < 1.29 is 47.7 Å². The molecule has 4 aliphatic rings. The number of nitriles is 4. The van der Waals surface area contributed by atoms with Crippen LogP contribution in [0, 0.1) is 45.3 Å². The number of Topliss-reactive ketones (excluding diaryl/α,β-unsaturated/α-hetero) is 2. The third-order valence-electron chi connectivity index (χ3n) is 16.2. The first kappa shape index (κ1) is 58.1. The highest BCUT2D eigenvalue weighted by atomic mass is 32.1. The molecular weight excluding hydrogens is 1240 g/mol. The highest BCUT2D eigenvalue weighted by Crippen LogP contribution is 2.68. The van der Waals surface area contributed by atoms with Gasteiger partial charge in [-0.3, -0.25) is 28.8 Å². The Morgan fingerprint density at radius 2 is 0.663 bits per heavy atom. The van der Waals surface area contributed by atoms with Crippen LogP contribution in [-0.4, -0.2) is 46.9 Å². The zero-order chi connectivity index (χ0) is 63.4. The molecule has 6 aromatic carbocycles. The molecule has 0 fully saturated rings. The SMILES string of the molecule is N#CC(C#N)=C1/C(=N/c2cc3c(s2)-c2sc4c5c(sc4c2C3(C(=O)OCc2ccccc2)C(=O)OCc2ccccc2)-c2sc(/N=C3\C(=O)c4ccccc4C3=C(C#N)C#N)cc2C5(C(=O)OCc2ccccc2)C(=O)OCc2ccccc2)C(=O)c2ccccc21. The van der Waals surface area contributed by atoms with Crippen molar-refractivity contribution in [3.8, 4) is 43.8 Å². The van der Waals surface area contributed by atoms with Gasteiger partial charge in [0, 0.05) is 44.5 Å². The van der Waals surface area contributed by atoms with E-state index in [2.05, 4.69) is 0 Å². The number of carbonyl (C=O) groups is 6. The molecule has 0 N–H and O–H groups in total. The van der Waals surface area contributed by atoms with Crippen molar-refractivity contribution in [1.82, 2.24) is 0 Å². The maximum atomic E-state index is 16.1. The highest BCUT2D eigenvalue weighted by molar-refractivity contribution is 7.35. The number of allylic oxidation sites excluding steroid dienone is 4. The van der Waals surface area contributed by atoms with Crippen molar-refractivity contribution in [2.75, 3.05) is 0 Å². The van der Waals surface area contributed by atoms with Gasteiger partial charge in [-0.15, -0.1) is 45.3 Å². The molecule has 14 rings (SSSR count). The molecule has 4 aromatic heterocycles. The Labute approximate surface area is 539 Å². The molecule has 440 valence electrons. The van der Waals surface area contributed by atoms with E-state index in [0.717, 1.165) is 45.3 Å². The van der Waals surface area contributed by atoms with Gasteiger partial charge in [0.05, 0.1) is 28.9 Å². The van der Waals surface area contributed by atoms with Crippen LogP contribution in [0.1, 0.15) is 76.4 Å². The van der Waals surface area contributed by atoms with Gasteiger partial charge in [0.15, 0.2) is 0 Å². The summed E-state index contributed by atoms with van der Waals surface area (Å²) in [5.74, 6) is -5.38. The fourth-order valence-corrected chi connectivity index (χ4v) is 17.6. The van der Waals surface area contributed by atoms with Crippen LogP contribution in [0.15, 0.2) is 203 Å². The van der Waals surface area contributed by atoms with Crippen molar-refractivity contribution in [3.63, 3.8) is 0 Å². The van der Waals surface area contributed by atoms with Crippen LogP contribution in [0.3, 0.4) is 0 Å². The molecule has 10 aromatic rings. The average molecular weight is 1280 g/mol. The summed E-state index contributed by atoms with van der Waals surface area (Å²) in [4.78, 5) is 104. The standard InChI is InChI=1S/C72H38N6O10S4/c73-31-43(32-74)53-45-25-13-15-27-47(45)59(79)57(53)77-51-29-49-61(89-51)63-55(71(49,67(81)85-35-39-17-5-1-6-18-39)68(82)86-36-40-19-7-2-8-20-40)65-66(91-63)56-64(92-65)62-50(30-52(90-62)78-58-54(44(33-75)34-76)46-26-14-16-28-48(46)60(58)80)72(56,69(83)87-37-41-21-9-3-10-22-41)70(84)88-38-42-23-11-4-12-24-42/h1-30H,35-38H2/b77-57-,78-58-. The predicted molar refractivity (Wildman–Crippen MR) is 345 cm³/mol. The third kappa shape index (κ3) is 9.16. The number of benzene rings is 6. The van der Waals surface area contributed by atoms with E-state index in [4.69, 9.17) is 28.9 Å². The number of carbonyl (C=O) groups excluding carboxylic acids is 6. The Balaban J connectivity index is 1.04. The molecule has 0 spiro atoms. The quantitative estimate of drug-likeness (QED) is 0.0424. The van der Waals surface area contributed by atoms with Crippen LogP contribution >= 0.6 is 45.3 Å². The molecule has 0 unspecified atom stereocenters. The number of hydrogen-bond donors (Lipinski definition) is 0. The minimum absolute atomic E-state index is 0.00967. The molecule has 0 saturated carbocycles. The molecule has 0 radical (unpaired) electrons. The Morgan fingerprint density at radius 1 is 0.380 bits per heavy atom. The Kier molecular flexibility index (Phi) is 14.8. The molecule has 0 aliphatic heterocycles. The summed E-state index contributed by atoms with van der Waals surface area (Å²) in [5.41, 5.74) is -2.39. The molecule has 0 amide bonds. The molecule has 4 aliphatic carbocycles. The zero-order valence-electron chi connectivity index (χ0n) is 47.5. The number of thiophene rings is 4. The number of hydrogen-bond acceptors (Lipinski definition) is 20. The van der Waals surface area contributed by atoms with Gasteiger partial charge in [-0.25, -0.2) is 9.98 Å². The molecule has 0 atom stereocenters. The summed E-state index contributed by atoms with van der Waals surface area (Å²) in [6.07, 6.45) is 0. The largest absolute Gasteiger partial charge is 0.459 e. The number of nitrogens with zero attached hydrogens (tertiary/aromatic N) is 6. The Morgan fingerprint density at radius 3 is 0.957 bits per heavy atom. The van der Waals surface area contributed by atoms with Gasteiger partial charge < -0.3 is 18.9 Å². The predicted octanol–water partition coefficient (Wildman–Crippen LogP) is 14.1. The summed E-state index contributed by atoms with van der Waals surface area (Å²) in [6, 6.07) is 58.9. The number of aliphatic imine (C=N–C) groups is 2. The second kappa shape index (κ2) is 23.4. The first-order valence-corrected chi connectivity index (χ1v) is 31.5. The summed E-state index contributed by atoms with van der Waals surface area (Å²) < 4.78 is 25.8. The normalized spacial score (nSPS) is 14.8. The Hall–Kier alpha value is -11.6. The van der Waals surface area contributed by atoms with Gasteiger partial charge in [-0.05, 0) is 45.5 Å². The molecule has 0 saturated heterocycles. The van der Waals surface area contributed by atoms with Crippen molar-refractivity contribution >= 4 is 123 Å². The van der Waals surface area contributed by atoms with Crippen molar-refractivity contribution in [1.29, 1.82) is 21.0 Å². The summed E-state index contributed by atoms with van der Waals surface area (Å²) in [5, 5.41) is 41.1. The minimum Gasteiger partial charge on any atom is -0.459 e. The van der Waals surface area contributed by atoms with Gasteiger partial charge in [0.1, 0.15) is 83.3 Å². The molecule has 92 heavy (non-hydrogen) atoms. The van der Waals surface area contributed by atoms with Crippen molar-refractivity contribution in [3.05, 3.63) is 260 Å². The smallest absolute Gasteiger partial charge is 0.333 e. The molecular formula is C72H38N6O10S4. The monoisotopic (exact) mass is 1270 g/mol. The minimum atomic E-state index is -2.51. The van der Waals surface area contributed by atoms with Crippen LogP contribution < -0.4 is 0 Å². The number of ether oxygens (including phenoxy) is 4. The van der Waals surface area contributed by atoms with Gasteiger partial charge in [-0.2, -0.15) is 21.0 Å². The first-order valence-electron chi connectivity index (χ1n) is 28.2. The van der Waals surface area contributed by atoms with E-state index < -0.39 is 46.3 Å². The molecule has 20 heteroatoms. The van der Waals surface area contributed by atoms with E-state index in [0.29, 0.717) is 52.9 Å². The zero-order valence-corrected chi connectivity index (χ0v) is 50.8. The lowest BCUT2D eigenvalue weighted by Crippen LogP contribution is -2.46. The first-order chi connectivity index (χ1) is 44.9. The third-order valence-corrected chi connectivity index (χ3v) is 21.1. The number of ketones is 2. The lowest BCUT2D eigenvalue weighted by atomic mass is 9.77. The fraction of sp³-hybridized carbons (Fsp3) is 0.0833. The van der Waals surface area contributed by atoms with E-state index >= 15 is 19.2 Å². The van der Waals surface area contributed by atoms with Gasteiger partial charge in [-0.1, -0.05) is 170 Å². The summed E-state index contributed by atoms with van der Waals surface area (Å²) >= 11 is 4.19. The van der Waals surface area contributed by atoms with E-state index in [9.17, 15) is 30.6 Å². The van der Waals surface area contributed by atoms with Crippen molar-refractivity contribution in [2.24, 2.45) is 9.98 Å². The maximum absolute atomic E-state index is 16.1. The van der Waals surface area contributed by atoms with E-state index in [1.54, 1.807) is 170 Å². The lowest BCUT2D eigenvalue weighted by molar-refractivity contribution is -0.166. The second-order valence-electron chi connectivity index (χ2n) is 21.3. The maximum Gasteiger partial charge on any atom is 0.333 e. The topological polar surface area (TPSA) is 259 Å². The number of fused-ring (bicyclic) bond motifs is 11. The summed E-state index contributed by atoms with van der Waals surface area (Å²) in [6.45, 7) is -1.22. The Bertz CT molecular complexity index is 4710. The van der Waals surface area contributed by atoms with E-state index in [1.807, 2.05) is 24.3 Å². The van der Waals surface area contributed by atoms with Crippen LogP contribution in [0.4, 0.5) is 10.0 Å². The lowest BCUT2D eigenvalue weighted by Gasteiger charge is -2.27. The van der Waals surface area contributed by atoms with Crippen LogP contribution in [-0.2, 0) is 75.4 Å². The highest BCUT2D eigenvalue weighted by Gasteiger charge is 2.65. The average Bonchev–Trinajstić information content (AvgIpc) is 1.49. The molecule has 16 nitrogen and oxygen atoms in total. The van der Waals surface area contributed by atoms with Gasteiger partial charge >= 0.3 is 23.9 Å². The fourth-order valence-electron chi connectivity index (χ4n) is 12.1. The summed E-state index contributed by atoms with van der Waals surface area (Å²) in [7, 11) is 0. The number of rotatable bonds is 14.